The highest BCUT2D eigenvalue weighted by molar-refractivity contribution is 5.53. The molecule has 3 aliphatic carbocycles. The van der Waals surface area contributed by atoms with E-state index in [-0.39, 0.29) is 0 Å². The average Bonchev–Trinajstić information content (AvgIpc) is 2.84. The zero-order chi connectivity index (χ0) is 13.2. The molecule has 0 radical (unpaired) electrons. The molecule has 0 N–H and O–H groups in total. The molecule has 4 atom stereocenters. The number of fused-ring (bicyclic) bond motifs is 5. The van der Waals surface area contributed by atoms with Crippen LogP contribution in [0.5, 0.6) is 0 Å². The van der Waals surface area contributed by atoms with E-state index in [2.05, 4.69) is 72.8 Å². The predicted molar refractivity (Wildman–Crippen MR) is 81.4 cm³/mol. The monoisotopic (exact) mass is 258 g/mol. The first-order valence-electron chi connectivity index (χ1n) is 7.72. The lowest BCUT2D eigenvalue weighted by Gasteiger charge is -2.25. The Morgan fingerprint density at radius 3 is 1.55 bits per heavy atom. The van der Waals surface area contributed by atoms with Gasteiger partial charge in [-0.15, -0.1) is 0 Å². The fraction of sp³-hybridized carbons (Fsp3) is 0.300. The molecule has 4 unspecified atom stereocenters. The van der Waals surface area contributed by atoms with Gasteiger partial charge >= 0.3 is 0 Å². The van der Waals surface area contributed by atoms with E-state index in [1.165, 1.54) is 17.5 Å². The molecule has 2 bridgehead atoms. The highest BCUT2D eigenvalue weighted by Crippen LogP contribution is 2.76. The molecule has 0 nitrogen and oxygen atoms in total. The molecule has 5 rings (SSSR count). The summed E-state index contributed by atoms with van der Waals surface area (Å²) < 4.78 is 0. The maximum absolute atomic E-state index is 2.49. The quantitative estimate of drug-likeness (QED) is 0.699. The second-order valence-corrected chi connectivity index (χ2v) is 6.60. The predicted octanol–water partition coefficient (Wildman–Crippen LogP) is 4.42. The molecule has 0 aliphatic heterocycles. The van der Waals surface area contributed by atoms with E-state index < -0.39 is 0 Å². The van der Waals surface area contributed by atoms with Gasteiger partial charge in [-0.2, -0.15) is 0 Å². The average molecular weight is 258 g/mol. The Bertz CT molecular complexity index is 608. The Labute approximate surface area is 120 Å². The minimum Gasteiger partial charge on any atom is -0.0848 e. The lowest BCUT2D eigenvalue weighted by Crippen LogP contribution is -2.20. The number of allylic oxidation sites excluding steroid dienone is 2. The largest absolute Gasteiger partial charge is 0.0848 e. The summed E-state index contributed by atoms with van der Waals surface area (Å²) in [6.07, 6.45) is 6.37. The number of rotatable bonds is 2. The number of benzene rings is 2. The van der Waals surface area contributed by atoms with E-state index in [0.717, 1.165) is 23.7 Å². The fourth-order valence-corrected chi connectivity index (χ4v) is 5.30. The van der Waals surface area contributed by atoms with Crippen molar-refractivity contribution >= 4 is 0 Å². The van der Waals surface area contributed by atoms with Crippen molar-refractivity contribution in [1.82, 2.24) is 0 Å². The fourth-order valence-electron chi connectivity index (χ4n) is 5.30. The first kappa shape index (κ1) is 10.9. The Hall–Kier alpha value is -1.82. The highest BCUT2D eigenvalue weighted by atomic mass is 14.8. The van der Waals surface area contributed by atoms with Gasteiger partial charge in [0.15, 0.2) is 0 Å². The summed E-state index contributed by atoms with van der Waals surface area (Å²) in [7, 11) is 0. The summed E-state index contributed by atoms with van der Waals surface area (Å²) in [5.41, 5.74) is 3.35. The molecule has 0 saturated heterocycles. The van der Waals surface area contributed by atoms with Gasteiger partial charge in [-0.3, -0.25) is 0 Å². The van der Waals surface area contributed by atoms with Gasteiger partial charge in [0.25, 0.3) is 0 Å². The third kappa shape index (κ3) is 1.14. The molecular formula is C20H18. The highest BCUT2D eigenvalue weighted by Gasteiger charge is 2.74. The van der Waals surface area contributed by atoms with Crippen molar-refractivity contribution < 1.29 is 0 Å². The van der Waals surface area contributed by atoms with Gasteiger partial charge in [-0.1, -0.05) is 72.8 Å². The molecule has 2 aromatic rings. The van der Waals surface area contributed by atoms with Gasteiger partial charge in [-0.05, 0) is 41.2 Å². The van der Waals surface area contributed by atoms with Gasteiger partial charge < -0.3 is 0 Å². The van der Waals surface area contributed by atoms with Gasteiger partial charge in [-0.25, -0.2) is 0 Å². The molecule has 98 valence electrons. The summed E-state index contributed by atoms with van der Waals surface area (Å²) >= 11 is 0. The Morgan fingerprint density at radius 2 is 1.10 bits per heavy atom. The van der Waals surface area contributed by atoms with Crippen molar-refractivity contribution in [2.45, 2.75) is 11.8 Å². The first-order valence-corrected chi connectivity index (χ1v) is 7.72. The van der Waals surface area contributed by atoms with E-state index in [9.17, 15) is 0 Å². The van der Waals surface area contributed by atoms with Crippen molar-refractivity contribution in [1.29, 1.82) is 0 Å². The van der Waals surface area contributed by atoms with E-state index in [0.29, 0.717) is 5.41 Å². The minimum absolute atomic E-state index is 0.291. The minimum atomic E-state index is 0.291. The van der Waals surface area contributed by atoms with Crippen LogP contribution in [-0.2, 0) is 5.41 Å². The van der Waals surface area contributed by atoms with Gasteiger partial charge in [0.05, 0.1) is 0 Å². The zero-order valence-corrected chi connectivity index (χ0v) is 11.4. The van der Waals surface area contributed by atoms with Crippen LogP contribution in [0.2, 0.25) is 0 Å². The molecule has 0 heterocycles. The molecule has 0 spiro atoms. The van der Waals surface area contributed by atoms with E-state index in [1.807, 2.05) is 0 Å². The summed E-state index contributed by atoms with van der Waals surface area (Å²) in [5, 5.41) is 0. The lowest BCUT2D eigenvalue weighted by molar-refractivity contribution is 0.478. The van der Waals surface area contributed by atoms with Crippen LogP contribution in [0.3, 0.4) is 0 Å². The van der Waals surface area contributed by atoms with Gasteiger partial charge in [0, 0.05) is 5.41 Å². The molecule has 0 aromatic heterocycles. The normalized spacial score (nSPS) is 35.0. The third-order valence-corrected chi connectivity index (χ3v) is 5.90. The standard InChI is InChI=1S/C20H18/c1-3-7-16(8-4-1)20(17-9-5-2-6-10-17)18-14-11-12-15(13-14)19(18)20/h1-12,14-15,18-19H,13H2. The second-order valence-electron chi connectivity index (χ2n) is 6.60. The maximum atomic E-state index is 2.49. The molecule has 2 aromatic carbocycles. The summed E-state index contributed by atoms with van der Waals surface area (Å²) in [5.74, 6) is 3.29. The van der Waals surface area contributed by atoms with Gasteiger partial charge in [0.1, 0.15) is 0 Å². The molecular weight excluding hydrogens is 240 g/mol. The van der Waals surface area contributed by atoms with Crippen molar-refractivity contribution in [2.75, 3.05) is 0 Å². The van der Waals surface area contributed by atoms with Crippen LogP contribution in [0, 0.1) is 23.7 Å². The Morgan fingerprint density at radius 1 is 0.650 bits per heavy atom. The molecule has 0 amide bonds. The summed E-state index contributed by atoms with van der Waals surface area (Å²) in [6, 6.07) is 22.4. The van der Waals surface area contributed by atoms with Crippen LogP contribution in [0.25, 0.3) is 0 Å². The van der Waals surface area contributed by atoms with Crippen LogP contribution in [0.1, 0.15) is 17.5 Å². The van der Waals surface area contributed by atoms with Crippen LogP contribution < -0.4 is 0 Å². The molecule has 2 fully saturated rings. The van der Waals surface area contributed by atoms with Crippen LogP contribution in [0.4, 0.5) is 0 Å². The topological polar surface area (TPSA) is 0 Å². The summed E-state index contributed by atoms with van der Waals surface area (Å²) in [6.45, 7) is 0. The SMILES string of the molecule is C1=CC2CC1C1C2C1(c1ccccc1)c1ccccc1. The van der Waals surface area contributed by atoms with Crippen molar-refractivity contribution in [3.8, 4) is 0 Å². The first-order chi connectivity index (χ1) is 9.92. The van der Waals surface area contributed by atoms with E-state index >= 15 is 0 Å². The van der Waals surface area contributed by atoms with E-state index in [1.54, 1.807) is 0 Å². The van der Waals surface area contributed by atoms with Crippen molar-refractivity contribution in [3.05, 3.63) is 83.9 Å². The zero-order valence-electron chi connectivity index (χ0n) is 11.4. The molecule has 20 heavy (non-hydrogen) atoms. The molecule has 3 aliphatic rings. The molecule has 2 saturated carbocycles. The van der Waals surface area contributed by atoms with Gasteiger partial charge in [0.2, 0.25) is 0 Å². The summed E-state index contributed by atoms with van der Waals surface area (Å²) in [4.78, 5) is 0. The number of hydrogen-bond acceptors (Lipinski definition) is 0. The van der Waals surface area contributed by atoms with E-state index in [4.69, 9.17) is 0 Å². The van der Waals surface area contributed by atoms with Crippen LogP contribution in [-0.4, -0.2) is 0 Å². The van der Waals surface area contributed by atoms with Crippen molar-refractivity contribution in [2.24, 2.45) is 23.7 Å². The lowest BCUT2D eigenvalue weighted by atomic mass is 9.78. The maximum Gasteiger partial charge on any atom is 0.0277 e. The smallest absolute Gasteiger partial charge is 0.0277 e. The molecule has 0 heteroatoms. The number of hydrogen-bond donors (Lipinski definition) is 0. The van der Waals surface area contributed by atoms with Crippen LogP contribution in [0.15, 0.2) is 72.8 Å². The third-order valence-electron chi connectivity index (χ3n) is 5.90. The Kier molecular flexibility index (Phi) is 1.98. The Balaban J connectivity index is 1.71. The second kappa shape index (κ2) is 3.63. The van der Waals surface area contributed by atoms with Crippen LogP contribution >= 0.6 is 0 Å². The van der Waals surface area contributed by atoms with Crippen molar-refractivity contribution in [3.63, 3.8) is 0 Å².